The Morgan fingerprint density at radius 1 is 0.912 bits per heavy atom. The third-order valence-corrected chi connectivity index (χ3v) is 6.21. The van der Waals surface area contributed by atoms with Gasteiger partial charge in [0.2, 0.25) is 5.91 Å². The number of Topliss-reactive ketones (excluding diaryl/α,β-unsaturated/α-hetero) is 1. The van der Waals surface area contributed by atoms with E-state index in [1.165, 1.54) is 18.2 Å². The normalized spacial score (nSPS) is 14.7. The molecule has 0 aliphatic heterocycles. The largest absolute Gasteiger partial charge is 0.351 e. The van der Waals surface area contributed by atoms with Crippen LogP contribution in [0.2, 0.25) is 0 Å². The molecular formula is C28H29N3O3. The number of amides is 2. The van der Waals surface area contributed by atoms with Crippen LogP contribution < -0.4 is 10.2 Å². The predicted octanol–water partition coefficient (Wildman–Crippen LogP) is 5.12. The van der Waals surface area contributed by atoms with Gasteiger partial charge < -0.3 is 5.32 Å². The number of ketones is 1. The van der Waals surface area contributed by atoms with Crippen molar-refractivity contribution in [2.45, 2.75) is 51.1 Å². The van der Waals surface area contributed by atoms with Crippen molar-refractivity contribution >= 4 is 23.3 Å². The molecule has 4 rings (SSSR count). The summed E-state index contributed by atoms with van der Waals surface area (Å²) >= 11 is 0. The van der Waals surface area contributed by atoms with Crippen molar-refractivity contribution in [3.05, 3.63) is 95.8 Å². The highest BCUT2D eigenvalue weighted by Crippen LogP contribution is 2.31. The molecule has 0 saturated heterocycles. The van der Waals surface area contributed by atoms with E-state index >= 15 is 0 Å². The minimum atomic E-state index is -0.917. The van der Waals surface area contributed by atoms with Crippen LogP contribution in [-0.4, -0.2) is 28.6 Å². The van der Waals surface area contributed by atoms with Gasteiger partial charge in [-0.25, -0.2) is 0 Å². The molecular weight excluding hydrogens is 426 g/mol. The molecule has 0 spiro atoms. The van der Waals surface area contributed by atoms with Gasteiger partial charge in [0.15, 0.2) is 5.78 Å². The van der Waals surface area contributed by atoms with Gasteiger partial charge in [0.25, 0.3) is 5.91 Å². The average Bonchev–Trinajstić information content (AvgIpc) is 2.88. The number of aromatic nitrogens is 1. The van der Waals surface area contributed by atoms with Crippen LogP contribution in [0.4, 0.5) is 5.69 Å². The molecule has 34 heavy (non-hydrogen) atoms. The van der Waals surface area contributed by atoms with Crippen LogP contribution in [0, 0.1) is 0 Å². The molecule has 1 heterocycles. The standard InChI is InChI=1S/C28H29N3O3/c1-20(32)22-13-10-16-24(19-22)31(28(34)25-17-8-9-18-29-25)26(21-11-4-2-5-12-21)27(33)30-23-14-6-3-7-15-23/h2,4-5,8-13,16-19,23,26H,3,6-7,14-15H2,1H3,(H,30,33)/t26-/m1/s1. The number of nitrogens with zero attached hydrogens (tertiary/aromatic N) is 2. The molecule has 6 nitrogen and oxygen atoms in total. The van der Waals surface area contributed by atoms with Gasteiger partial charge >= 0.3 is 0 Å². The van der Waals surface area contributed by atoms with E-state index in [0.29, 0.717) is 16.8 Å². The number of pyridine rings is 1. The molecule has 0 radical (unpaired) electrons. The monoisotopic (exact) mass is 455 g/mol. The van der Waals surface area contributed by atoms with E-state index in [1.54, 1.807) is 48.7 Å². The Kier molecular flexibility index (Phi) is 7.48. The Morgan fingerprint density at radius 2 is 1.65 bits per heavy atom. The zero-order chi connectivity index (χ0) is 23.9. The highest BCUT2D eigenvalue weighted by Gasteiger charge is 2.35. The number of benzene rings is 2. The second-order valence-corrected chi connectivity index (χ2v) is 8.65. The quantitative estimate of drug-likeness (QED) is 0.502. The lowest BCUT2D eigenvalue weighted by Crippen LogP contribution is -2.47. The van der Waals surface area contributed by atoms with E-state index in [9.17, 15) is 14.4 Å². The summed E-state index contributed by atoms with van der Waals surface area (Å²) in [6.45, 7) is 1.48. The number of hydrogen-bond acceptors (Lipinski definition) is 4. The van der Waals surface area contributed by atoms with Crippen molar-refractivity contribution in [1.29, 1.82) is 0 Å². The minimum absolute atomic E-state index is 0.0859. The summed E-state index contributed by atoms with van der Waals surface area (Å²) in [6, 6.07) is 20.4. The number of carbonyl (C=O) groups is 3. The number of hydrogen-bond donors (Lipinski definition) is 1. The number of rotatable bonds is 7. The Hall–Kier alpha value is -3.80. The summed E-state index contributed by atoms with van der Waals surface area (Å²) in [6.07, 6.45) is 6.76. The molecule has 1 N–H and O–H groups in total. The van der Waals surface area contributed by atoms with Gasteiger partial charge in [0.05, 0.1) is 0 Å². The Balaban J connectivity index is 1.81. The van der Waals surface area contributed by atoms with Crippen molar-refractivity contribution < 1.29 is 14.4 Å². The van der Waals surface area contributed by atoms with Crippen LogP contribution in [-0.2, 0) is 4.79 Å². The minimum Gasteiger partial charge on any atom is -0.351 e. The van der Waals surface area contributed by atoms with E-state index in [0.717, 1.165) is 25.7 Å². The molecule has 1 aromatic heterocycles. The van der Waals surface area contributed by atoms with E-state index in [-0.39, 0.29) is 23.4 Å². The fourth-order valence-corrected chi connectivity index (χ4v) is 4.45. The summed E-state index contributed by atoms with van der Waals surface area (Å²) in [5, 5.41) is 3.19. The van der Waals surface area contributed by atoms with Crippen molar-refractivity contribution in [3.8, 4) is 0 Å². The first-order valence-corrected chi connectivity index (χ1v) is 11.8. The number of carbonyl (C=O) groups excluding carboxylic acids is 3. The summed E-state index contributed by atoms with van der Waals surface area (Å²) < 4.78 is 0. The lowest BCUT2D eigenvalue weighted by molar-refractivity contribution is -0.123. The number of anilines is 1. The van der Waals surface area contributed by atoms with Crippen molar-refractivity contribution in [2.24, 2.45) is 0 Å². The predicted molar refractivity (Wildman–Crippen MR) is 132 cm³/mol. The SMILES string of the molecule is CC(=O)c1cccc(N(C(=O)c2ccccn2)[C@@H](C(=O)NC2CCCCC2)c2ccccc2)c1. The molecule has 2 amide bonds. The third-order valence-electron chi connectivity index (χ3n) is 6.21. The molecule has 2 aromatic carbocycles. The molecule has 1 saturated carbocycles. The summed E-state index contributed by atoms with van der Waals surface area (Å²) in [4.78, 5) is 45.4. The summed E-state index contributed by atoms with van der Waals surface area (Å²) in [5.41, 5.74) is 1.85. The van der Waals surface area contributed by atoms with Crippen molar-refractivity contribution in [1.82, 2.24) is 10.3 Å². The first-order chi connectivity index (χ1) is 16.5. The smallest absolute Gasteiger partial charge is 0.277 e. The zero-order valence-electron chi connectivity index (χ0n) is 19.3. The first-order valence-electron chi connectivity index (χ1n) is 11.8. The number of nitrogens with one attached hydrogen (secondary N) is 1. The summed E-state index contributed by atoms with van der Waals surface area (Å²) in [5.74, 6) is -0.764. The van der Waals surface area contributed by atoms with E-state index in [1.807, 2.05) is 30.3 Å². The fourth-order valence-electron chi connectivity index (χ4n) is 4.45. The van der Waals surface area contributed by atoms with Crippen LogP contribution in [0.3, 0.4) is 0 Å². The van der Waals surface area contributed by atoms with Crippen LogP contribution in [0.5, 0.6) is 0 Å². The Morgan fingerprint density at radius 3 is 2.32 bits per heavy atom. The van der Waals surface area contributed by atoms with Gasteiger partial charge in [-0.05, 0) is 49.6 Å². The average molecular weight is 456 g/mol. The van der Waals surface area contributed by atoms with Gasteiger partial charge in [-0.15, -0.1) is 0 Å². The molecule has 0 unspecified atom stereocenters. The molecule has 1 fully saturated rings. The fraction of sp³-hybridized carbons (Fsp3) is 0.286. The maximum absolute atomic E-state index is 13.8. The summed E-state index contributed by atoms with van der Waals surface area (Å²) in [7, 11) is 0. The molecule has 0 bridgehead atoms. The highest BCUT2D eigenvalue weighted by molar-refractivity contribution is 6.09. The van der Waals surface area contributed by atoms with Gasteiger partial charge in [-0.2, -0.15) is 0 Å². The van der Waals surface area contributed by atoms with Crippen LogP contribution >= 0.6 is 0 Å². The van der Waals surface area contributed by atoms with Crippen LogP contribution in [0.1, 0.15) is 71.5 Å². The third kappa shape index (κ3) is 5.39. The molecule has 6 heteroatoms. The maximum atomic E-state index is 13.8. The Bertz CT molecular complexity index is 1140. The maximum Gasteiger partial charge on any atom is 0.277 e. The lowest BCUT2D eigenvalue weighted by atomic mass is 9.94. The Labute approximate surface area is 200 Å². The van der Waals surface area contributed by atoms with Crippen LogP contribution in [0.25, 0.3) is 0 Å². The second kappa shape index (κ2) is 10.9. The molecule has 3 aromatic rings. The second-order valence-electron chi connectivity index (χ2n) is 8.65. The van der Waals surface area contributed by atoms with E-state index in [4.69, 9.17) is 0 Å². The van der Waals surface area contributed by atoms with E-state index < -0.39 is 11.9 Å². The van der Waals surface area contributed by atoms with Crippen molar-refractivity contribution in [2.75, 3.05) is 4.90 Å². The van der Waals surface area contributed by atoms with E-state index in [2.05, 4.69) is 10.3 Å². The van der Waals surface area contributed by atoms with Gasteiger partial charge in [-0.1, -0.05) is 67.8 Å². The van der Waals surface area contributed by atoms with Gasteiger partial charge in [0.1, 0.15) is 11.7 Å². The lowest BCUT2D eigenvalue weighted by Gasteiger charge is -2.33. The zero-order valence-corrected chi connectivity index (χ0v) is 19.3. The molecule has 1 aliphatic carbocycles. The molecule has 174 valence electrons. The first kappa shape index (κ1) is 23.4. The van der Waals surface area contributed by atoms with Gasteiger partial charge in [-0.3, -0.25) is 24.3 Å². The van der Waals surface area contributed by atoms with Crippen LogP contribution in [0.15, 0.2) is 79.0 Å². The topological polar surface area (TPSA) is 79.4 Å². The molecule has 1 aliphatic rings. The van der Waals surface area contributed by atoms with Gasteiger partial charge in [0, 0.05) is 23.5 Å². The van der Waals surface area contributed by atoms with Crippen molar-refractivity contribution in [3.63, 3.8) is 0 Å². The highest BCUT2D eigenvalue weighted by atomic mass is 16.2. The molecule has 1 atom stereocenters.